The summed E-state index contributed by atoms with van der Waals surface area (Å²) in [7, 11) is 0. The van der Waals surface area contributed by atoms with Crippen LogP contribution in [0.1, 0.15) is 31.1 Å². The third-order valence-corrected chi connectivity index (χ3v) is 3.86. The lowest BCUT2D eigenvalue weighted by Gasteiger charge is -2.15. The fourth-order valence-corrected chi connectivity index (χ4v) is 2.45. The number of nitrogens with one attached hydrogen (secondary N) is 1. The summed E-state index contributed by atoms with van der Waals surface area (Å²) < 4.78 is 0. The zero-order valence-electron chi connectivity index (χ0n) is 11.3. The Bertz CT molecular complexity index is 445. The van der Waals surface area contributed by atoms with Gasteiger partial charge in [-0.2, -0.15) is 0 Å². The van der Waals surface area contributed by atoms with Gasteiger partial charge in [0.1, 0.15) is 0 Å². The fourth-order valence-electron chi connectivity index (χ4n) is 1.49. The van der Waals surface area contributed by atoms with Crippen LogP contribution in [0.3, 0.4) is 0 Å². The molecule has 4 nitrogen and oxygen atoms in total. The van der Waals surface area contributed by atoms with Crippen molar-refractivity contribution < 1.29 is 14.7 Å². The van der Waals surface area contributed by atoms with E-state index in [1.807, 2.05) is 6.92 Å². The summed E-state index contributed by atoms with van der Waals surface area (Å²) >= 11 is 1.42. The van der Waals surface area contributed by atoms with Crippen LogP contribution in [0, 0.1) is 0 Å². The molecular weight excluding hydrogens is 262 g/mol. The van der Waals surface area contributed by atoms with E-state index in [0.717, 1.165) is 0 Å². The van der Waals surface area contributed by atoms with Crippen molar-refractivity contribution in [3.8, 4) is 0 Å². The number of Topliss-reactive ketones (excluding diaryl/α,β-unsaturated/α-hetero) is 1. The van der Waals surface area contributed by atoms with Gasteiger partial charge in [-0.3, -0.25) is 9.59 Å². The van der Waals surface area contributed by atoms with Crippen LogP contribution in [-0.4, -0.2) is 33.9 Å². The van der Waals surface area contributed by atoms with Crippen molar-refractivity contribution in [1.29, 1.82) is 0 Å². The molecule has 1 aromatic rings. The third-order valence-electron chi connectivity index (χ3n) is 2.62. The highest BCUT2D eigenvalue weighted by molar-refractivity contribution is 8.01. The van der Waals surface area contributed by atoms with Gasteiger partial charge in [0.25, 0.3) is 0 Å². The number of thioether (sulfide) groups is 1. The topological polar surface area (TPSA) is 66.4 Å². The fraction of sp³-hybridized carbons (Fsp3) is 0.429. The number of carbonyl (C=O) groups excluding carboxylic acids is 2. The first-order valence-electron chi connectivity index (χ1n) is 6.12. The molecule has 0 spiro atoms. The first kappa shape index (κ1) is 15.7. The summed E-state index contributed by atoms with van der Waals surface area (Å²) in [4.78, 5) is 23.0. The van der Waals surface area contributed by atoms with Crippen molar-refractivity contribution in [1.82, 2.24) is 0 Å². The summed E-state index contributed by atoms with van der Waals surface area (Å²) in [6, 6.07) is 6.79. The maximum Gasteiger partial charge on any atom is 0.237 e. The van der Waals surface area contributed by atoms with Crippen LogP contribution in [0.4, 0.5) is 5.69 Å². The number of hydrogen-bond acceptors (Lipinski definition) is 4. The molecule has 2 atom stereocenters. The second-order valence-electron chi connectivity index (χ2n) is 4.39. The number of rotatable bonds is 6. The minimum atomic E-state index is -0.241. The Labute approximate surface area is 117 Å². The number of aliphatic hydroxyl groups is 1. The zero-order valence-corrected chi connectivity index (χ0v) is 12.2. The molecule has 0 aliphatic heterocycles. The van der Waals surface area contributed by atoms with Gasteiger partial charge in [0.2, 0.25) is 5.91 Å². The Balaban J connectivity index is 2.59. The Morgan fingerprint density at radius 2 is 1.84 bits per heavy atom. The third kappa shape index (κ3) is 5.04. The molecular formula is C14H19NO3S. The Kier molecular flexibility index (Phi) is 6.05. The summed E-state index contributed by atoms with van der Waals surface area (Å²) in [6.45, 7) is 5.23. The average molecular weight is 281 g/mol. The van der Waals surface area contributed by atoms with Crippen LogP contribution in [0.25, 0.3) is 0 Å². The minimum absolute atomic E-state index is 0.00132. The molecule has 0 radical (unpaired) electrons. The smallest absolute Gasteiger partial charge is 0.237 e. The first-order chi connectivity index (χ1) is 8.93. The quantitative estimate of drug-likeness (QED) is 0.785. The lowest BCUT2D eigenvalue weighted by atomic mass is 10.1. The van der Waals surface area contributed by atoms with Crippen molar-refractivity contribution in [2.45, 2.75) is 31.3 Å². The van der Waals surface area contributed by atoms with Gasteiger partial charge in [0.05, 0.1) is 11.9 Å². The Hall–Kier alpha value is -1.33. The molecule has 1 amide bonds. The van der Waals surface area contributed by atoms with E-state index >= 15 is 0 Å². The van der Waals surface area contributed by atoms with E-state index in [1.54, 1.807) is 31.2 Å². The number of aliphatic hydroxyl groups excluding tert-OH is 1. The first-order valence-corrected chi connectivity index (χ1v) is 7.06. The predicted molar refractivity (Wildman–Crippen MR) is 78.7 cm³/mol. The summed E-state index contributed by atoms with van der Waals surface area (Å²) in [5.74, 6) is -0.112. The Morgan fingerprint density at radius 1 is 1.26 bits per heavy atom. The van der Waals surface area contributed by atoms with Gasteiger partial charge in [-0.15, -0.1) is 11.8 Å². The van der Waals surface area contributed by atoms with Crippen molar-refractivity contribution in [3.63, 3.8) is 0 Å². The molecule has 5 heteroatoms. The molecule has 1 aromatic carbocycles. The highest BCUT2D eigenvalue weighted by Crippen LogP contribution is 2.19. The molecule has 0 heterocycles. The highest BCUT2D eigenvalue weighted by Gasteiger charge is 2.16. The van der Waals surface area contributed by atoms with E-state index in [9.17, 15) is 9.59 Å². The van der Waals surface area contributed by atoms with E-state index in [1.165, 1.54) is 18.7 Å². The van der Waals surface area contributed by atoms with Crippen molar-refractivity contribution >= 4 is 29.1 Å². The van der Waals surface area contributed by atoms with Crippen LogP contribution < -0.4 is 5.32 Å². The summed E-state index contributed by atoms with van der Waals surface area (Å²) in [5, 5.41) is 11.5. The molecule has 1 rings (SSSR count). The molecule has 0 aliphatic rings. The van der Waals surface area contributed by atoms with Gasteiger partial charge in [-0.05, 0) is 38.1 Å². The van der Waals surface area contributed by atoms with Crippen LogP contribution in [-0.2, 0) is 4.79 Å². The molecule has 104 valence electrons. The number of ketones is 1. The van der Waals surface area contributed by atoms with Crippen LogP contribution >= 0.6 is 11.8 Å². The van der Waals surface area contributed by atoms with E-state index in [4.69, 9.17) is 5.11 Å². The van der Waals surface area contributed by atoms with Gasteiger partial charge in [0, 0.05) is 16.5 Å². The highest BCUT2D eigenvalue weighted by atomic mass is 32.2. The SMILES string of the molecule is CC(=O)c1ccc(NC(=O)C(C)SC(C)CO)cc1. The molecule has 2 unspecified atom stereocenters. The van der Waals surface area contributed by atoms with Crippen LogP contribution in [0.2, 0.25) is 0 Å². The molecule has 0 aromatic heterocycles. The van der Waals surface area contributed by atoms with Gasteiger partial charge in [0.15, 0.2) is 5.78 Å². The maximum atomic E-state index is 11.9. The van der Waals surface area contributed by atoms with E-state index in [2.05, 4.69) is 5.32 Å². The summed E-state index contributed by atoms with van der Waals surface area (Å²) in [6.07, 6.45) is 0. The second-order valence-corrected chi connectivity index (χ2v) is 6.18. The van der Waals surface area contributed by atoms with Gasteiger partial charge in [-0.25, -0.2) is 0 Å². The zero-order chi connectivity index (χ0) is 14.4. The van der Waals surface area contributed by atoms with Crippen LogP contribution in [0.15, 0.2) is 24.3 Å². The average Bonchev–Trinajstić information content (AvgIpc) is 2.38. The number of carbonyl (C=O) groups is 2. The lowest BCUT2D eigenvalue weighted by molar-refractivity contribution is -0.115. The number of hydrogen-bond donors (Lipinski definition) is 2. The normalized spacial score (nSPS) is 13.7. The second kappa shape index (κ2) is 7.31. The van der Waals surface area contributed by atoms with Crippen molar-refractivity contribution in [2.24, 2.45) is 0 Å². The standard InChI is InChI=1S/C14H19NO3S/c1-9(8-16)19-11(3)14(18)15-13-6-4-12(5-7-13)10(2)17/h4-7,9,11,16H,8H2,1-3H3,(H,15,18). The van der Waals surface area contributed by atoms with Gasteiger partial charge >= 0.3 is 0 Å². The lowest BCUT2D eigenvalue weighted by Crippen LogP contribution is -2.25. The molecule has 0 saturated carbocycles. The Morgan fingerprint density at radius 3 is 2.32 bits per heavy atom. The van der Waals surface area contributed by atoms with Crippen molar-refractivity contribution in [2.75, 3.05) is 11.9 Å². The predicted octanol–water partition coefficient (Wildman–Crippen LogP) is 2.33. The monoisotopic (exact) mass is 281 g/mol. The number of anilines is 1. The van der Waals surface area contributed by atoms with E-state index < -0.39 is 0 Å². The largest absolute Gasteiger partial charge is 0.395 e. The molecule has 0 aliphatic carbocycles. The molecule has 0 saturated heterocycles. The molecule has 19 heavy (non-hydrogen) atoms. The van der Waals surface area contributed by atoms with Gasteiger partial charge in [-0.1, -0.05) is 6.92 Å². The van der Waals surface area contributed by atoms with E-state index in [-0.39, 0.29) is 28.8 Å². The number of amides is 1. The molecule has 0 fully saturated rings. The number of benzene rings is 1. The molecule has 0 bridgehead atoms. The van der Waals surface area contributed by atoms with Gasteiger partial charge < -0.3 is 10.4 Å². The van der Waals surface area contributed by atoms with E-state index in [0.29, 0.717) is 11.3 Å². The minimum Gasteiger partial charge on any atom is -0.395 e. The van der Waals surface area contributed by atoms with Crippen LogP contribution in [0.5, 0.6) is 0 Å². The maximum absolute atomic E-state index is 11.9. The molecule has 2 N–H and O–H groups in total. The summed E-state index contributed by atoms with van der Waals surface area (Å²) in [5.41, 5.74) is 1.29. The van der Waals surface area contributed by atoms with Crippen molar-refractivity contribution in [3.05, 3.63) is 29.8 Å².